The molecule has 304 valence electrons. The van der Waals surface area contributed by atoms with Gasteiger partial charge in [0.1, 0.15) is 23.7 Å². The Balaban J connectivity index is 0.902. The molecule has 12 heteroatoms. The number of likely N-dealkylation sites (tertiary alicyclic amines) is 2. The SMILES string of the molecule is COC(=O)NC(C(=O)N1CCCC1c1ncc(-c2ccc(C#Cc3ccc(-c4cnc(C5CCCN5C(=O)C(c5ccccc5)N(C)C)[nH]4)cc3)cc2)[nH]1)c1ccccc1. The van der Waals surface area contributed by atoms with Gasteiger partial charge in [0.2, 0.25) is 5.91 Å². The van der Waals surface area contributed by atoms with Crippen LogP contribution in [0.5, 0.6) is 0 Å². The number of nitrogens with zero attached hydrogens (tertiary/aromatic N) is 5. The van der Waals surface area contributed by atoms with E-state index in [0.29, 0.717) is 24.5 Å². The Kier molecular flexibility index (Phi) is 11.9. The maximum Gasteiger partial charge on any atom is 0.407 e. The number of hydrogen-bond acceptors (Lipinski definition) is 7. The number of carbonyl (C=O) groups excluding carboxylic acids is 3. The highest BCUT2D eigenvalue weighted by atomic mass is 16.5. The molecule has 0 saturated carbocycles. The molecule has 4 heterocycles. The van der Waals surface area contributed by atoms with Gasteiger partial charge < -0.3 is 29.8 Å². The van der Waals surface area contributed by atoms with Crippen LogP contribution < -0.4 is 5.32 Å². The normalized spacial score (nSPS) is 17.2. The predicted molar refractivity (Wildman–Crippen MR) is 229 cm³/mol. The van der Waals surface area contributed by atoms with Gasteiger partial charge in [0.15, 0.2) is 0 Å². The quantitative estimate of drug-likeness (QED) is 0.121. The maximum atomic E-state index is 13.9. The summed E-state index contributed by atoms with van der Waals surface area (Å²) in [7, 11) is 5.18. The molecule has 0 bridgehead atoms. The number of methoxy groups -OCH3 is 1. The van der Waals surface area contributed by atoms with E-state index in [0.717, 1.165) is 70.7 Å². The van der Waals surface area contributed by atoms with Crippen molar-refractivity contribution in [3.05, 3.63) is 155 Å². The minimum atomic E-state index is -0.875. The second-order valence-electron chi connectivity index (χ2n) is 15.4. The van der Waals surface area contributed by atoms with Gasteiger partial charge in [-0.1, -0.05) is 96.8 Å². The van der Waals surface area contributed by atoms with Gasteiger partial charge in [-0.05, 0) is 86.3 Å². The molecule has 2 aliphatic heterocycles. The number of aromatic nitrogens is 4. The molecule has 6 aromatic rings. The lowest BCUT2D eigenvalue weighted by Crippen LogP contribution is -2.42. The number of imidazole rings is 2. The topological polar surface area (TPSA) is 140 Å². The van der Waals surface area contributed by atoms with Crippen LogP contribution in [0.1, 0.15) is 83.8 Å². The highest BCUT2D eigenvalue weighted by Crippen LogP contribution is 2.36. The molecule has 4 atom stereocenters. The van der Waals surface area contributed by atoms with Crippen LogP contribution in [0.25, 0.3) is 22.5 Å². The van der Waals surface area contributed by atoms with E-state index < -0.39 is 12.1 Å². The molecule has 2 fully saturated rings. The minimum absolute atomic E-state index is 0.0892. The third kappa shape index (κ3) is 8.58. The number of ether oxygens (including phenoxy) is 1. The summed E-state index contributed by atoms with van der Waals surface area (Å²) in [5, 5.41) is 2.71. The van der Waals surface area contributed by atoms with Gasteiger partial charge in [0, 0.05) is 24.2 Å². The fraction of sp³-hybridized carbons (Fsp3) is 0.271. The van der Waals surface area contributed by atoms with Crippen LogP contribution in [0.2, 0.25) is 0 Å². The summed E-state index contributed by atoms with van der Waals surface area (Å²) in [6.45, 7) is 1.26. The number of hydrogen-bond donors (Lipinski definition) is 3. The zero-order chi connectivity index (χ0) is 41.6. The smallest absolute Gasteiger partial charge is 0.407 e. The average Bonchev–Trinajstić information content (AvgIpc) is 4.13. The second-order valence-corrected chi connectivity index (χ2v) is 15.4. The monoisotopic (exact) mass is 800 g/mol. The van der Waals surface area contributed by atoms with E-state index in [1.165, 1.54) is 7.11 Å². The summed E-state index contributed by atoms with van der Waals surface area (Å²) in [4.78, 5) is 62.1. The Hall–Kier alpha value is -6.97. The largest absolute Gasteiger partial charge is 0.453 e. The molecule has 0 aliphatic carbocycles. The van der Waals surface area contributed by atoms with Gasteiger partial charge in [-0.15, -0.1) is 0 Å². The number of likely N-dealkylation sites (N-methyl/N-ethyl adjacent to an activating group) is 1. The van der Waals surface area contributed by atoms with Crippen LogP contribution >= 0.6 is 0 Å². The van der Waals surface area contributed by atoms with Gasteiger partial charge in [-0.3, -0.25) is 14.5 Å². The van der Waals surface area contributed by atoms with Crippen molar-refractivity contribution in [1.29, 1.82) is 0 Å². The number of carbonyl (C=O) groups is 3. The molecule has 2 aromatic heterocycles. The lowest BCUT2D eigenvalue weighted by molar-refractivity contribution is -0.137. The first-order valence-corrected chi connectivity index (χ1v) is 20.3. The fourth-order valence-corrected chi connectivity index (χ4v) is 8.28. The van der Waals surface area contributed by atoms with Gasteiger partial charge in [-0.25, -0.2) is 14.8 Å². The van der Waals surface area contributed by atoms with Gasteiger partial charge >= 0.3 is 6.09 Å². The van der Waals surface area contributed by atoms with Crippen LogP contribution in [0, 0.1) is 11.8 Å². The van der Waals surface area contributed by atoms with Crippen molar-refractivity contribution in [2.75, 3.05) is 34.3 Å². The first-order chi connectivity index (χ1) is 29.3. The average molecular weight is 801 g/mol. The number of H-pyrrole nitrogens is 2. The van der Waals surface area contributed by atoms with E-state index in [9.17, 15) is 14.4 Å². The molecule has 2 aliphatic rings. The predicted octanol–water partition coefficient (Wildman–Crippen LogP) is 7.59. The summed E-state index contributed by atoms with van der Waals surface area (Å²) in [6.07, 6.45) is 6.34. The standard InChI is InChI=1S/C48H48N8O4/c1-54(2)43(37-14-8-5-9-15-37)47(58)56-29-11-17-41(56)45-50-31-39(52-45)35-26-22-33(23-27-35)19-18-32-20-24-34(25-21-32)38-30-49-44(51-38)40-16-10-28-55(40)46(57)42(53-48(59)60-3)36-12-6-4-7-13-36/h4-9,12-15,20-27,30-31,40-43H,10-11,16-17,28-29H2,1-3H3,(H,49,51)(H,50,52)(H,53,59). The van der Waals surface area contributed by atoms with Crippen molar-refractivity contribution in [2.24, 2.45) is 0 Å². The number of alkyl carbamates (subject to hydrolysis) is 1. The summed E-state index contributed by atoms with van der Waals surface area (Å²) in [6, 6.07) is 33.6. The Morgan fingerprint density at radius 1 is 0.683 bits per heavy atom. The molecule has 4 unspecified atom stereocenters. The lowest BCUT2D eigenvalue weighted by Gasteiger charge is -2.31. The molecule has 3 amide bonds. The van der Waals surface area contributed by atoms with Gasteiger partial charge in [-0.2, -0.15) is 0 Å². The van der Waals surface area contributed by atoms with E-state index in [1.54, 1.807) is 11.1 Å². The third-order valence-electron chi connectivity index (χ3n) is 11.3. The highest BCUT2D eigenvalue weighted by molar-refractivity contribution is 5.87. The zero-order valence-electron chi connectivity index (χ0n) is 34.0. The molecule has 0 spiro atoms. The summed E-state index contributed by atoms with van der Waals surface area (Å²) < 4.78 is 4.82. The number of rotatable bonds is 10. The molecule has 4 aromatic carbocycles. The van der Waals surface area contributed by atoms with Crippen molar-refractivity contribution in [3.63, 3.8) is 0 Å². The van der Waals surface area contributed by atoms with E-state index in [1.807, 2.05) is 139 Å². The van der Waals surface area contributed by atoms with Crippen molar-refractivity contribution in [3.8, 4) is 34.4 Å². The Labute approximate surface area is 350 Å². The zero-order valence-corrected chi connectivity index (χ0v) is 34.0. The van der Waals surface area contributed by atoms with Crippen LogP contribution in [-0.2, 0) is 14.3 Å². The molecule has 12 nitrogen and oxygen atoms in total. The van der Waals surface area contributed by atoms with Crippen LogP contribution in [-0.4, -0.2) is 86.8 Å². The van der Waals surface area contributed by atoms with E-state index in [-0.39, 0.29) is 29.9 Å². The molecule has 2 saturated heterocycles. The number of amides is 3. The highest BCUT2D eigenvalue weighted by Gasteiger charge is 2.38. The molecule has 60 heavy (non-hydrogen) atoms. The Morgan fingerprint density at radius 2 is 1.15 bits per heavy atom. The van der Waals surface area contributed by atoms with Crippen molar-refractivity contribution in [1.82, 2.24) is 40.0 Å². The number of benzene rings is 4. The fourth-order valence-electron chi connectivity index (χ4n) is 8.28. The van der Waals surface area contributed by atoms with Crippen LogP contribution in [0.4, 0.5) is 4.79 Å². The number of nitrogens with one attached hydrogen (secondary N) is 3. The summed E-state index contributed by atoms with van der Waals surface area (Å²) in [5.74, 6) is 7.94. The van der Waals surface area contributed by atoms with Gasteiger partial charge in [0.25, 0.3) is 5.91 Å². The first-order valence-electron chi connectivity index (χ1n) is 20.3. The third-order valence-corrected chi connectivity index (χ3v) is 11.3. The number of aromatic amines is 2. The molecule has 3 N–H and O–H groups in total. The van der Waals surface area contributed by atoms with Gasteiger partial charge in [0.05, 0.1) is 43.0 Å². The van der Waals surface area contributed by atoms with Crippen LogP contribution in [0.15, 0.2) is 122 Å². The Morgan fingerprint density at radius 3 is 1.62 bits per heavy atom. The summed E-state index contributed by atoms with van der Waals surface area (Å²) >= 11 is 0. The van der Waals surface area contributed by atoms with E-state index >= 15 is 0 Å². The maximum absolute atomic E-state index is 13.9. The summed E-state index contributed by atoms with van der Waals surface area (Å²) in [5.41, 5.74) is 7.10. The van der Waals surface area contributed by atoms with Crippen molar-refractivity contribution >= 4 is 17.9 Å². The Bertz CT molecular complexity index is 2490. The van der Waals surface area contributed by atoms with Crippen molar-refractivity contribution in [2.45, 2.75) is 49.9 Å². The van der Waals surface area contributed by atoms with E-state index in [4.69, 9.17) is 9.72 Å². The van der Waals surface area contributed by atoms with Crippen molar-refractivity contribution < 1.29 is 19.1 Å². The first kappa shape index (κ1) is 39.8. The lowest BCUT2D eigenvalue weighted by atomic mass is 10.0. The minimum Gasteiger partial charge on any atom is -0.453 e. The van der Waals surface area contributed by atoms with Crippen LogP contribution in [0.3, 0.4) is 0 Å². The molecular formula is C48H48N8O4. The second kappa shape index (κ2) is 17.9. The molecule has 8 rings (SSSR count). The van der Waals surface area contributed by atoms with E-state index in [2.05, 4.69) is 32.1 Å². The molecule has 0 radical (unpaired) electrons. The molecular weight excluding hydrogens is 753 g/mol.